The predicted octanol–water partition coefficient (Wildman–Crippen LogP) is 1.51. The van der Waals surface area contributed by atoms with Crippen LogP contribution in [0.5, 0.6) is 5.88 Å². The Bertz CT molecular complexity index is 384. The lowest BCUT2D eigenvalue weighted by molar-refractivity contribution is 0.0537. The molecule has 1 aromatic rings. The number of rotatable bonds is 3. The Balaban J connectivity index is 2.11. The van der Waals surface area contributed by atoms with Crippen molar-refractivity contribution in [2.24, 2.45) is 5.92 Å². The van der Waals surface area contributed by atoms with Gasteiger partial charge in [0.2, 0.25) is 5.88 Å². The fourth-order valence-corrected chi connectivity index (χ4v) is 1.95. The molecule has 1 aromatic heterocycles. The molecule has 2 atom stereocenters. The van der Waals surface area contributed by atoms with Gasteiger partial charge < -0.3 is 20.5 Å². The number of nitrogens with two attached hydrogens (primary N) is 1. The molecule has 5 heteroatoms. The van der Waals surface area contributed by atoms with Crippen molar-refractivity contribution >= 4 is 11.5 Å². The lowest BCUT2D eigenvalue weighted by atomic mass is 9.98. The van der Waals surface area contributed by atoms with Gasteiger partial charge in [-0.05, 0) is 18.4 Å². The molecule has 1 fully saturated rings. The van der Waals surface area contributed by atoms with Crippen LogP contribution in [0.1, 0.15) is 13.3 Å². The van der Waals surface area contributed by atoms with Gasteiger partial charge in [0.15, 0.2) is 5.82 Å². The van der Waals surface area contributed by atoms with Gasteiger partial charge in [-0.3, -0.25) is 0 Å². The summed E-state index contributed by atoms with van der Waals surface area (Å²) >= 11 is 0. The van der Waals surface area contributed by atoms with E-state index < -0.39 is 0 Å². The highest BCUT2D eigenvalue weighted by atomic mass is 16.5. The minimum atomic E-state index is 0.352. The number of hydrogen-bond acceptors (Lipinski definition) is 5. The Morgan fingerprint density at radius 2 is 2.35 bits per heavy atom. The molecule has 94 valence electrons. The van der Waals surface area contributed by atoms with Crippen molar-refractivity contribution in [2.75, 3.05) is 31.4 Å². The number of ether oxygens (including phenoxy) is 2. The topological polar surface area (TPSA) is 69.4 Å². The monoisotopic (exact) mass is 237 g/mol. The van der Waals surface area contributed by atoms with Crippen LogP contribution in [0.3, 0.4) is 0 Å². The molecule has 0 saturated carbocycles. The van der Waals surface area contributed by atoms with Crippen LogP contribution in [-0.4, -0.2) is 31.3 Å². The quantitative estimate of drug-likeness (QED) is 0.834. The Kier molecular flexibility index (Phi) is 3.68. The minimum Gasteiger partial charge on any atom is -0.481 e. The van der Waals surface area contributed by atoms with Crippen molar-refractivity contribution in [1.82, 2.24) is 4.98 Å². The van der Waals surface area contributed by atoms with E-state index in [9.17, 15) is 0 Å². The third-order valence-electron chi connectivity index (χ3n) is 3.07. The number of pyridine rings is 1. The molecule has 0 amide bonds. The fraction of sp³-hybridized carbons (Fsp3) is 0.583. The third kappa shape index (κ3) is 2.79. The first kappa shape index (κ1) is 12.0. The van der Waals surface area contributed by atoms with E-state index in [1.807, 2.05) is 0 Å². The summed E-state index contributed by atoms with van der Waals surface area (Å²) in [7, 11) is 1.60. The lowest BCUT2D eigenvalue weighted by Gasteiger charge is -2.30. The first-order chi connectivity index (χ1) is 8.20. The maximum atomic E-state index is 5.89. The van der Waals surface area contributed by atoms with Crippen LogP contribution < -0.4 is 15.8 Å². The van der Waals surface area contributed by atoms with Crippen molar-refractivity contribution in [3.63, 3.8) is 0 Å². The summed E-state index contributed by atoms with van der Waals surface area (Å²) in [6, 6.07) is 3.91. The van der Waals surface area contributed by atoms with Gasteiger partial charge in [-0.15, -0.1) is 0 Å². The number of nitrogens with one attached hydrogen (secondary N) is 1. The average molecular weight is 237 g/mol. The molecule has 2 unspecified atom stereocenters. The highest BCUT2D eigenvalue weighted by Gasteiger charge is 2.22. The molecule has 5 nitrogen and oxygen atoms in total. The molecule has 1 aliphatic rings. The highest BCUT2D eigenvalue weighted by molar-refractivity contribution is 5.62. The molecule has 1 saturated heterocycles. The summed E-state index contributed by atoms with van der Waals surface area (Å²) in [4.78, 5) is 4.32. The van der Waals surface area contributed by atoms with E-state index in [1.54, 1.807) is 19.2 Å². The van der Waals surface area contributed by atoms with Gasteiger partial charge in [-0.1, -0.05) is 6.92 Å². The number of aromatic nitrogens is 1. The number of hydrogen-bond donors (Lipinski definition) is 2. The molecule has 0 spiro atoms. The van der Waals surface area contributed by atoms with Gasteiger partial charge in [-0.2, -0.15) is 4.98 Å². The first-order valence-corrected chi connectivity index (χ1v) is 5.85. The summed E-state index contributed by atoms with van der Waals surface area (Å²) in [5.41, 5.74) is 6.54. The van der Waals surface area contributed by atoms with Gasteiger partial charge in [0.05, 0.1) is 19.4 Å². The Morgan fingerprint density at radius 3 is 3.06 bits per heavy atom. The molecule has 0 aromatic carbocycles. The summed E-state index contributed by atoms with van der Waals surface area (Å²) in [6.45, 7) is 3.72. The fourth-order valence-electron chi connectivity index (χ4n) is 1.95. The second-order valence-electron chi connectivity index (χ2n) is 4.38. The third-order valence-corrected chi connectivity index (χ3v) is 3.07. The van der Waals surface area contributed by atoms with E-state index in [1.165, 1.54) is 0 Å². The maximum Gasteiger partial charge on any atom is 0.215 e. The SMILES string of the molecule is COc1ccc(N)c(NC2CCOCC2C)n1. The van der Waals surface area contributed by atoms with Crippen molar-refractivity contribution in [3.05, 3.63) is 12.1 Å². The molecule has 0 aliphatic carbocycles. The van der Waals surface area contributed by atoms with Gasteiger partial charge in [0, 0.05) is 18.7 Å². The summed E-state index contributed by atoms with van der Waals surface area (Å²) in [5, 5.41) is 3.38. The maximum absolute atomic E-state index is 5.89. The van der Waals surface area contributed by atoms with Crippen molar-refractivity contribution < 1.29 is 9.47 Å². The van der Waals surface area contributed by atoms with E-state index in [4.69, 9.17) is 15.2 Å². The number of anilines is 2. The molecule has 2 heterocycles. The predicted molar refractivity (Wildman–Crippen MR) is 67.2 cm³/mol. The van der Waals surface area contributed by atoms with E-state index in [0.29, 0.717) is 29.3 Å². The Hall–Kier alpha value is -1.49. The van der Waals surface area contributed by atoms with Crippen molar-refractivity contribution in [3.8, 4) is 5.88 Å². The van der Waals surface area contributed by atoms with Crippen LogP contribution in [-0.2, 0) is 4.74 Å². The molecular formula is C12H19N3O2. The molecule has 3 N–H and O–H groups in total. The van der Waals surface area contributed by atoms with Gasteiger partial charge in [-0.25, -0.2) is 0 Å². The molecule has 0 radical (unpaired) electrons. The Labute approximate surface area is 101 Å². The largest absolute Gasteiger partial charge is 0.481 e. The lowest BCUT2D eigenvalue weighted by Crippen LogP contribution is -2.36. The van der Waals surface area contributed by atoms with E-state index in [0.717, 1.165) is 19.6 Å². The molecule has 0 bridgehead atoms. The van der Waals surface area contributed by atoms with Gasteiger partial charge in [0.25, 0.3) is 0 Å². The normalized spacial score (nSPS) is 24.4. The zero-order valence-electron chi connectivity index (χ0n) is 10.3. The van der Waals surface area contributed by atoms with Crippen molar-refractivity contribution in [2.45, 2.75) is 19.4 Å². The smallest absolute Gasteiger partial charge is 0.215 e. The molecular weight excluding hydrogens is 218 g/mol. The van der Waals surface area contributed by atoms with Crippen LogP contribution in [0, 0.1) is 5.92 Å². The van der Waals surface area contributed by atoms with Gasteiger partial charge in [0.1, 0.15) is 0 Å². The van der Waals surface area contributed by atoms with Crippen LogP contribution in [0.4, 0.5) is 11.5 Å². The Morgan fingerprint density at radius 1 is 1.53 bits per heavy atom. The average Bonchev–Trinajstić information content (AvgIpc) is 2.35. The van der Waals surface area contributed by atoms with E-state index in [-0.39, 0.29) is 0 Å². The van der Waals surface area contributed by atoms with Crippen LogP contribution in [0.2, 0.25) is 0 Å². The highest BCUT2D eigenvalue weighted by Crippen LogP contribution is 2.24. The number of nitrogen functional groups attached to an aromatic ring is 1. The second kappa shape index (κ2) is 5.23. The second-order valence-corrected chi connectivity index (χ2v) is 4.38. The number of methoxy groups -OCH3 is 1. The van der Waals surface area contributed by atoms with E-state index >= 15 is 0 Å². The summed E-state index contributed by atoms with van der Waals surface area (Å²) in [5.74, 6) is 1.72. The zero-order chi connectivity index (χ0) is 12.3. The molecule has 17 heavy (non-hydrogen) atoms. The molecule has 1 aliphatic heterocycles. The van der Waals surface area contributed by atoms with E-state index in [2.05, 4.69) is 17.2 Å². The zero-order valence-corrected chi connectivity index (χ0v) is 10.3. The first-order valence-electron chi connectivity index (χ1n) is 5.85. The number of nitrogens with zero attached hydrogens (tertiary/aromatic N) is 1. The van der Waals surface area contributed by atoms with Crippen LogP contribution in [0.15, 0.2) is 12.1 Å². The van der Waals surface area contributed by atoms with Gasteiger partial charge >= 0.3 is 0 Å². The summed E-state index contributed by atoms with van der Waals surface area (Å²) in [6.07, 6.45) is 0.972. The van der Waals surface area contributed by atoms with Crippen molar-refractivity contribution in [1.29, 1.82) is 0 Å². The van der Waals surface area contributed by atoms with Crippen LogP contribution in [0.25, 0.3) is 0 Å². The minimum absolute atomic E-state index is 0.352. The standard InChI is InChI=1S/C12H19N3O2/c1-8-7-17-6-5-10(8)14-12-9(13)3-4-11(15-12)16-2/h3-4,8,10H,5-7,13H2,1-2H3,(H,14,15). The molecule has 2 rings (SSSR count). The summed E-state index contributed by atoms with van der Waals surface area (Å²) < 4.78 is 10.5. The van der Waals surface area contributed by atoms with Crippen LogP contribution >= 0.6 is 0 Å².